The van der Waals surface area contributed by atoms with Crippen LogP contribution < -0.4 is 0 Å². The van der Waals surface area contributed by atoms with Crippen LogP contribution in [0.25, 0.3) is 0 Å². The Morgan fingerprint density at radius 1 is 0.690 bits per heavy atom. The molecule has 9 nitrogen and oxygen atoms in total. The third-order valence-electron chi connectivity index (χ3n) is 4.51. The second-order valence-corrected chi connectivity index (χ2v) is 9.40. The summed E-state index contributed by atoms with van der Waals surface area (Å²) in [5, 5.41) is 0. The first kappa shape index (κ1) is 23.0. The molecule has 164 valence electrons. The Labute approximate surface area is 171 Å². The Morgan fingerprint density at radius 2 is 1.03 bits per heavy atom. The minimum absolute atomic E-state index is 0.357. The highest BCUT2D eigenvalue weighted by molar-refractivity contribution is 5.94. The number of carbonyl (C=O) groups is 4. The fraction of sp³-hybridized carbons (Fsp3) is 0.800. The van der Waals surface area contributed by atoms with Gasteiger partial charge in [-0.05, 0) is 67.2 Å². The van der Waals surface area contributed by atoms with E-state index in [1.54, 1.807) is 41.5 Å². The number of hydrogen-bond acceptors (Lipinski definition) is 7. The summed E-state index contributed by atoms with van der Waals surface area (Å²) >= 11 is 0. The molecule has 29 heavy (non-hydrogen) atoms. The zero-order valence-electron chi connectivity index (χ0n) is 18.1. The molecular weight excluding hydrogens is 380 g/mol. The maximum Gasteiger partial charge on any atom is 0.411 e. The number of hydrogen-bond donors (Lipinski definition) is 0. The van der Waals surface area contributed by atoms with Gasteiger partial charge in [0.2, 0.25) is 0 Å². The fourth-order valence-corrected chi connectivity index (χ4v) is 3.34. The molecule has 0 bridgehead atoms. The van der Waals surface area contributed by atoms with Crippen LogP contribution in [0.2, 0.25) is 0 Å². The number of amides is 2. The summed E-state index contributed by atoms with van der Waals surface area (Å²) < 4.78 is 15.7. The lowest BCUT2D eigenvalue weighted by atomic mass is 10.2. The minimum Gasteiger partial charge on any atom is -0.444 e. The summed E-state index contributed by atoms with van der Waals surface area (Å²) in [4.78, 5) is 52.4. The molecule has 2 saturated heterocycles. The smallest absolute Gasteiger partial charge is 0.411 e. The molecule has 0 spiro atoms. The summed E-state index contributed by atoms with van der Waals surface area (Å²) in [6, 6.07) is -1.74. The van der Waals surface area contributed by atoms with Crippen molar-refractivity contribution in [1.29, 1.82) is 0 Å². The summed E-state index contributed by atoms with van der Waals surface area (Å²) in [7, 11) is 0. The first-order valence-electron chi connectivity index (χ1n) is 10.0. The van der Waals surface area contributed by atoms with Crippen molar-refractivity contribution >= 4 is 24.1 Å². The Kier molecular flexibility index (Phi) is 6.80. The molecule has 2 amide bonds. The fourth-order valence-electron chi connectivity index (χ4n) is 3.34. The first-order valence-corrected chi connectivity index (χ1v) is 10.0. The van der Waals surface area contributed by atoms with Crippen LogP contribution in [0.1, 0.15) is 67.2 Å². The van der Waals surface area contributed by atoms with Gasteiger partial charge in [-0.3, -0.25) is 9.80 Å². The SMILES string of the molecule is CC(C)(C)OC(=O)N1CCC[C@@H]1C(=O)OC(=O)[C@H]1CCCN1C(=O)OC(C)(C)C. The van der Waals surface area contributed by atoms with Gasteiger partial charge >= 0.3 is 24.1 Å². The van der Waals surface area contributed by atoms with Gasteiger partial charge in [-0.2, -0.15) is 0 Å². The highest BCUT2D eigenvalue weighted by Gasteiger charge is 2.42. The van der Waals surface area contributed by atoms with E-state index in [9.17, 15) is 19.2 Å². The molecular formula is C20H32N2O7. The van der Waals surface area contributed by atoms with Gasteiger partial charge in [0.25, 0.3) is 0 Å². The number of likely N-dealkylation sites (tertiary alicyclic amines) is 2. The van der Waals surface area contributed by atoms with Crippen molar-refractivity contribution in [3.05, 3.63) is 0 Å². The van der Waals surface area contributed by atoms with E-state index >= 15 is 0 Å². The van der Waals surface area contributed by atoms with Gasteiger partial charge in [0.05, 0.1) is 0 Å². The molecule has 2 fully saturated rings. The molecule has 2 rings (SSSR count). The average molecular weight is 412 g/mol. The third kappa shape index (κ3) is 6.33. The zero-order chi connectivity index (χ0) is 22.0. The van der Waals surface area contributed by atoms with Crippen molar-refractivity contribution in [1.82, 2.24) is 9.80 Å². The van der Waals surface area contributed by atoms with E-state index in [2.05, 4.69) is 0 Å². The van der Waals surface area contributed by atoms with E-state index in [1.165, 1.54) is 9.80 Å². The molecule has 0 aromatic heterocycles. The van der Waals surface area contributed by atoms with Crippen LogP contribution >= 0.6 is 0 Å². The molecule has 2 aliphatic heterocycles. The van der Waals surface area contributed by atoms with E-state index in [0.717, 1.165) is 0 Å². The Bertz CT molecular complexity index is 607. The summed E-state index contributed by atoms with van der Waals surface area (Å²) in [6.45, 7) is 11.2. The van der Waals surface area contributed by atoms with Crippen LogP contribution in [-0.2, 0) is 23.8 Å². The third-order valence-corrected chi connectivity index (χ3v) is 4.51. The van der Waals surface area contributed by atoms with E-state index in [0.29, 0.717) is 38.8 Å². The zero-order valence-corrected chi connectivity index (χ0v) is 18.1. The van der Waals surface area contributed by atoms with Gasteiger partial charge in [0.1, 0.15) is 23.3 Å². The second-order valence-electron chi connectivity index (χ2n) is 9.40. The second kappa shape index (κ2) is 8.59. The van der Waals surface area contributed by atoms with Crippen molar-refractivity contribution in [2.75, 3.05) is 13.1 Å². The van der Waals surface area contributed by atoms with Crippen molar-refractivity contribution in [2.45, 2.75) is 90.5 Å². The van der Waals surface area contributed by atoms with Gasteiger partial charge in [-0.1, -0.05) is 0 Å². The van der Waals surface area contributed by atoms with Gasteiger partial charge in [-0.15, -0.1) is 0 Å². The topological polar surface area (TPSA) is 102 Å². The number of nitrogens with zero attached hydrogens (tertiary/aromatic N) is 2. The summed E-state index contributed by atoms with van der Waals surface area (Å²) in [6.07, 6.45) is 0.792. The lowest BCUT2D eigenvalue weighted by Gasteiger charge is -2.29. The standard InChI is InChI=1S/C20H32N2O7/c1-19(2,3)28-17(25)21-11-7-9-13(21)15(23)27-16(24)14-10-8-12-22(14)18(26)29-20(4,5)6/h13-14H,7-12H2,1-6H3/t13-,14-/m1/s1. The Hall–Kier alpha value is -2.32. The first-order chi connectivity index (χ1) is 13.3. The summed E-state index contributed by atoms with van der Waals surface area (Å²) in [5.74, 6) is -1.59. The number of ether oxygens (including phenoxy) is 3. The largest absolute Gasteiger partial charge is 0.444 e. The highest BCUT2D eigenvalue weighted by atomic mass is 16.6. The molecule has 2 heterocycles. The van der Waals surface area contributed by atoms with Crippen LogP contribution in [0.4, 0.5) is 9.59 Å². The Balaban J connectivity index is 1.99. The van der Waals surface area contributed by atoms with E-state index < -0.39 is 47.4 Å². The molecule has 2 aliphatic rings. The van der Waals surface area contributed by atoms with Crippen LogP contribution in [0.5, 0.6) is 0 Å². The molecule has 0 N–H and O–H groups in total. The lowest BCUT2D eigenvalue weighted by molar-refractivity contribution is -0.165. The minimum atomic E-state index is -0.870. The van der Waals surface area contributed by atoms with E-state index in [-0.39, 0.29) is 0 Å². The number of rotatable bonds is 2. The van der Waals surface area contributed by atoms with Gasteiger partial charge < -0.3 is 14.2 Å². The van der Waals surface area contributed by atoms with Crippen molar-refractivity contribution in [3.63, 3.8) is 0 Å². The quantitative estimate of drug-likeness (QED) is 0.390. The van der Waals surface area contributed by atoms with Gasteiger partial charge in [0.15, 0.2) is 0 Å². The average Bonchev–Trinajstić information content (AvgIpc) is 3.21. The predicted molar refractivity (Wildman–Crippen MR) is 103 cm³/mol. The molecule has 0 aromatic carbocycles. The van der Waals surface area contributed by atoms with E-state index in [1.807, 2.05) is 0 Å². The molecule has 0 unspecified atom stereocenters. The normalized spacial score (nSPS) is 22.4. The molecule has 2 atom stereocenters. The van der Waals surface area contributed by atoms with Crippen molar-refractivity contribution < 1.29 is 33.4 Å². The predicted octanol–water partition coefficient (Wildman–Crippen LogP) is 2.86. The number of carbonyl (C=O) groups excluding carboxylic acids is 4. The molecule has 0 aromatic rings. The van der Waals surface area contributed by atoms with Gasteiger partial charge in [-0.25, -0.2) is 19.2 Å². The van der Waals surface area contributed by atoms with Crippen LogP contribution in [0.3, 0.4) is 0 Å². The Morgan fingerprint density at radius 3 is 1.34 bits per heavy atom. The van der Waals surface area contributed by atoms with Crippen LogP contribution in [0.15, 0.2) is 0 Å². The van der Waals surface area contributed by atoms with Crippen molar-refractivity contribution in [3.8, 4) is 0 Å². The van der Waals surface area contributed by atoms with Crippen molar-refractivity contribution in [2.24, 2.45) is 0 Å². The summed E-state index contributed by atoms with van der Waals surface area (Å²) in [5.41, 5.74) is -1.39. The molecule has 9 heteroatoms. The lowest BCUT2D eigenvalue weighted by Crippen LogP contribution is -2.47. The number of esters is 2. The van der Waals surface area contributed by atoms with E-state index in [4.69, 9.17) is 14.2 Å². The van der Waals surface area contributed by atoms with Gasteiger partial charge in [0, 0.05) is 13.1 Å². The molecule has 0 saturated carbocycles. The van der Waals surface area contributed by atoms with Crippen LogP contribution in [0, 0.1) is 0 Å². The maximum absolute atomic E-state index is 12.6. The monoisotopic (exact) mass is 412 g/mol. The molecule has 0 radical (unpaired) electrons. The highest BCUT2D eigenvalue weighted by Crippen LogP contribution is 2.25. The van der Waals surface area contributed by atoms with Crippen LogP contribution in [-0.4, -0.2) is 70.3 Å². The molecule has 0 aliphatic carbocycles. The maximum atomic E-state index is 12.6.